The van der Waals surface area contributed by atoms with Gasteiger partial charge >= 0.3 is 6.03 Å². The molecule has 4 rings (SSSR count). The zero-order valence-electron chi connectivity index (χ0n) is 16.6. The minimum Gasteiger partial charge on any atom is -0.338 e. The predicted octanol–water partition coefficient (Wildman–Crippen LogP) is 3.83. The fraction of sp³-hybridized carbons (Fsp3) is 0.455. The Morgan fingerprint density at radius 3 is 2.69 bits per heavy atom. The summed E-state index contributed by atoms with van der Waals surface area (Å²) in [6.07, 6.45) is 4.02. The monoisotopic (exact) mass is 412 g/mol. The third-order valence-corrected chi connectivity index (χ3v) is 6.61. The van der Waals surface area contributed by atoms with Gasteiger partial charge in [0.2, 0.25) is 5.91 Å². The summed E-state index contributed by atoms with van der Waals surface area (Å²) in [5.74, 6) is 0.211. The van der Waals surface area contributed by atoms with E-state index in [4.69, 9.17) is 0 Å². The van der Waals surface area contributed by atoms with Crippen molar-refractivity contribution in [1.29, 1.82) is 0 Å². The summed E-state index contributed by atoms with van der Waals surface area (Å²) < 4.78 is 0. The number of hydrogen-bond donors (Lipinski definition) is 2. The molecular formula is C22H28N4O2S. The van der Waals surface area contributed by atoms with Gasteiger partial charge in [0.25, 0.3) is 0 Å². The molecule has 7 heteroatoms. The Bertz CT molecular complexity index is 833. The summed E-state index contributed by atoms with van der Waals surface area (Å²) in [4.78, 5) is 30.0. The van der Waals surface area contributed by atoms with Crippen LogP contribution in [0.25, 0.3) is 0 Å². The maximum absolute atomic E-state index is 12.5. The molecule has 154 valence electrons. The van der Waals surface area contributed by atoms with Crippen LogP contribution in [0.2, 0.25) is 0 Å². The van der Waals surface area contributed by atoms with Crippen molar-refractivity contribution in [3.8, 4) is 0 Å². The van der Waals surface area contributed by atoms with E-state index >= 15 is 0 Å². The maximum atomic E-state index is 12.5. The van der Waals surface area contributed by atoms with Gasteiger partial charge in [-0.05, 0) is 61.5 Å². The van der Waals surface area contributed by atoms with Crippen LogP contribution in [0.3, 0.4) is 0 Å². The zero-order chi connectivity index (χ0) is 20.1. The van der Waals surface area contributed by atoms with E-state index in [0.29, 0.717) is 19.5 Å². The number of carbonyl (C=O) groups is 2. The molecule has 0 aliphatic carbocycles. The van der Waals surface area contributed by atoms with Gasteiger partial charge in [0.15, 0.2) is 0 Å². The van der Waals surface area contributed by atoms with E-state index in [1.54, 1.807) is 11.3 Å². The van der Waals surface area contributed by atoms with Gasteiger partial charge in [-0.1, -0.05) is 18.2 Å². The van der Waals surface area contributed by atoms with Crippen LogP contribution in [0, 0.1) is 0 Å². The van der Waals surface area contributed by atoms with Crippen LogP contribution >= 0.6 is 11.3 Å². The number of likely N-dealkylation sites (tertiary alicyclic amines) is 2. The van der Waals surface area contributed by atoms with E-state index in [-0.39, 0.29) is 18.0 Å². The first-order valence-electron chi connectivity index (χ1n) is 10.4. The number of hydrogen-bond acceptors (Lipinski definition) is 4. The number of urea groups is 1. The molecule has 3 heterocycles. The Balaban J connectivity index is 1.33. The van der Waals surface area contributed by atoms with Crippen LogP contribution in [0.15, 0.2) is 41.8 Å². The number of amides is 3. The molecule has 1 atom stereocenters. The molecule has 0 saturated carbocycles. The van der Waals surface area contributed by atoms with Crippen molar-refractivity contribution in [2.24, 2.45) is 0 Å². The number of benzene rings is 1. The normalized spacial score (nSPS) is 18.2. The second kappa shape index (κ2) is 9.41. The van der Waals surface area contributed by atoms with Crippen molar-refractivity contribution in [1.82, 2.24) is 15.1 Å². The van der Waals surface area contributed by atoms with E-state index in [9.17, 15) is 9.59 Å². The topological polar surface area (TPSA) is 64.7 Å². The van der Waals surface area contributed by atoms with Crippen LogP contribution in [0.1, 0.15) is 42.2 Å². The van der Waals surface area contributed by atoms with Crippen LogP contribution in [-0.2, 0) is 11.3 Å². The highest BCUT2D eigenvalue weighted by Gasteiger charge is 2.24. The summed E-state index contributed by atoms with van der Waals surface area (Å²) in [5.41, 5.74) is 1.78. The highest BCUT2D eigenvalue weighted by atomic mass is 32.1. The summed E-state index contributed by atoms with van der Waals surface area (Å²) in [5, 5.41) is 8.08. The van der Waals surface area contributed by atoms with Crippen molar-refractivity contribution in [2.75, 3.05) is 31.5 Å². The summed E-state index contributed by atoms with van der Waals surface area (Å²) in [7, 11) is 0. The van der Waals surface area contributed by atoms with E-state index in [0.717, 1.165) is 37.3 Å². The van der Waals surface area contributed by atoms with Crippen LogP contribution in [-0.4, -0.2) is 47.9 Å². The van der Waals surface area contributed by atoms with Crippen LogP contribution < -0.4 is 10.6 Å². The SMILES string of the molecule is O=C(NC[C@@H](c1cccs1)N1CCCC1)Nc1cccc(CN2CCCC2=O)c1. The van der Waals surface area contributed by atoms with Gasteiger partial charge in [0.1, 0.15) is 0 Å². The number of rotatable bonds is 7. The first-order valence-corrected chi connectivity index (χ1v) is 11.3. The summed E-state index contributed by atoms with van der Waals surface area (Å²) in [6, 6.07) is 12.0. The number of thiophene rings is 1. The fourth-order valence-electron chi connectivity index (χ4n) is 4.15. The number of anilines is 1. The minimum atomic E-state index is -0.194. The standard InChI is InChI=1S/C22H28N4O2S/c27-21-9-4-12-26(21)16-17-6-3-7-18(14-17)24-22(28)23-15-19(20-8-5-13-29-20)25-10-1-2-11-25/h3,5-8,13-14,19H,1-2,4,9-12,15-16H2,(H2,23,24,28)/t19-/m0/s1. The summed E-state index contributed by atoms with van der Waals surface area (Å²) >= 11 is 1.75. The Morgan fingerprint density at radius 2 is 1.97 bits per heavy atom. The van der Waals surface area contributed by atoms with Gasteiger partial charge in [-0.3, -0.25) is 9.69 Å². The average Bonchev–Trinajstić information content (AvgIpc) is 3.47. The van der Waals surface area contributed by atoms with E-state index in [2.05, 4.69) is 33.0 Å². The minimum absolute atomic E-state index is 0.194. The van der Waals surface area contributed by atoms with Crippen molar-refractivity contribution in [2.45, 2.75) is 38.3 Å². The molecule has 29 heavy (non-hydrogen) atoms. The Labute approximate surface area is 175 Å². The van der Waals surface area contributed by atoms with E-state index < -0.39 is 0 Å². The summed E-state index contributed by atoms with van der Waals surface area (Å²) in [6.45, 7) is 4.18. The van der Waals surface area contributed by atoms with Crippen molar-refractivity contribution >= 4 is 29.0 Å². The van der Waals surface area contributed by atoms with Gasteiger partial charge in [0.05, 0.1) is 6.04 Å². The Kier molecular flexibility index (Phi) is 6.46. The molecule has 6 nitrogen and oxygen atoms in total. The van der Waals surface area contributed by atoms with Gasteiger partial charge < -0.3 is 15.5 Å². The maximum Gasteiger partial charge on any atom is 0.319 e. The van der Waals surface area contributed by atoms with E-state index in [1.807, 2.05) is 29.2 Å². The lowest BCUT2D eigenvalue weighted by Gasteiger charge is -2.27. The van der Waals surface area contributed by atoms with Gasteiger partial charge in [-0.15, -0.1) is 11.3 Å². The molecule has 0 unspecified atom stereocenters. The molecule has 1 aromatic carbocycles. The molecule has 2 saturated heterocycles. The average molecular weight is 413 g/mol. The molecule has 2 aliphatic heterocycles. The largest absolute Gasteiger partial charge is 0.338 e. The molecule has 3 amide bonds. The highest BCUT2D eigenvalue weighted by molar-refractivity contribution is 7.10. The third-order valence-electron chi connectivity index (χ3n) is 5.64. The Hall–Kier alpha value is -2.38. The van der Waals surface area contributed by atoms with Gasteiger partial charge in [-0.25, -0.2) is 4.79 Å². The lowest BCUT2D eigenvalue weighted by Crippen LogP contribution is -2.38. The predicted molar refractivity (Wildman–Crippen MR) is 116 cm³/mol. The first kappa shape index (κ1) is 19.9. The third kappa shape index (κ3) is 5.16. The second-order valence-corrected chi connectivity index (χ2v) is 8.71. The first-order chi connectivity index (χ1) is 14.2. The quantitative estimate of drug-likeness (QED) is 0.726. The fourth-order valence-corrected chi connectivity index (χ4v) is 5.01. The van der Waals surface area contributed by atoms with E-state index in [1.165, 1.54) is 17.7 Å². The number of nitrogens with one attached hydrogen (secondary N) is 2. The van der Waals surface area contributed by atoms with Gasteiger partial charge in [-0.2, -0.15) is 0 Å². The van der Waals surface area contributed by atoms with Crippen molar-refractivity contribution < 1.29 is 9.59 Å². The highest BCUT2D eigenvalue weighted by Crippen LogP contribution is 2.27. The smallest absolute Gasteiger partial charge is 0.319 e. The van der Waals surface area contributed by atoms with Gasteiger partial charge in [0, 0.05) is 36.6 Å². The molecule has 0 bridgehead atoms. The molecule has 2 N–H and O–H groups in total. The Morgan fingerprint density at radius 1 is 1.10 bits per heavy atom. The van der Waals surface area contributed by atoms with Crippen LogP contribution in [0.4, 0.5) is 10.5 Å². The lowest BCUT2D eigenvalue weighted by atomic mass is 10.2. The molecule has 2 fully saturated rings. The molecular weight excluding hydrogens is 384 g/mol. The molecule has 2 aliphatic rings. The number of nitrogens with zero attached hydrogens (tertiary/aromatic N) is 2. The number of carbonyl (C=O) groups excluding carboxylic acids is 2. The molecule has 2 aromatic rings. The second-order valence-electron chi connectivity index (χ2n) is 7.73. The van der Waals surface area contributed by atoms with Crippen molar-refractivity contribution in [3.05, 3.63) is 52.2 Å². The molecule has 1 aromatic heterocycles. The van der Waals surface area contributed by atoms with Crippen molar-refractivity contribution in [3.63, 3.8) is 0 Å². The molecule has 0 radical (unpaired) electrons. The zero-order valence-corrected chi connectivity index (χ0v) is 17.4. The lowest BCUT2D eigenvalue weighted by molar-refractivity contribution is -0.128. The van der Waals surface area contributed by atoms with Crippen LogP contribution in [0.5, 0.6) is 0 Å². The molecule has 0 spiro atoms.